The normalized spacial score (nSPS) is 10.2. The second-order valence-corrected chi connectivity index (χ2v) is 3.47. The van der Waals surface area contributed by atoms with Crippen LogP contribution in [-0.4, -0.2) is 16.3 Å². The molecule has 1 aromatic rings. The molecule has 0 bridgehead atoms. The summed E-state index contributed by atoms with van der Waals surface area (Å²) in [6, 6.07) is 0. The van der Waals surface area contributed by atoms with Crippen LogP contribution in [0, 0.1) is 6.92 Å². The lowest BCUT2D eigenvalue weighted by molar-refractivity contribution is 0.659. The Labute approximate surface area is 84.8 Å². The number of nitrogens with zero attached hydrogens (tertiary/aromatic N) is 2. The smallest absolute Gasteiger partial charge is 0.148 e. The molecule has 0 saturated heterocycles. The van der Waals surface area contributed by atoms with E-state index in [1.807, 2.05) is 25.5 Å². The van der Waals surface area contributed by atoms with E-state index in [2.05, 4.69) is 17.0 Å². The Bertz CT molecular complexity index is 338. The number of aromatic nitrogens is 2. The van der Waals surface area contributed by atoms with Crippen LogP contribution in [0.4, 0.5) is 11.5 Å². The van der Waals surface area contributed by atoms with Gasteiger partial charge in [0.1, 0.15) is 5.82 Å². The van der Waals surface area contributed by atoms with E-state index in [0.717, 1.165) is 35.9 Å². The molecule has 0 aliphatic rings. The van der Waals surface area contributed by atoms with Gasteiger partial charge in [0.15, 0.2) is 0 Å². The first kappa shape index (κ1) is 10.6. The third-order valence-electron chi connectivity index (χ3n) is 2.03. The topological polar surface area (TPSA) is 55.9 Å². The number of nitrogen functional groups attached to an aromatic ring is 1. The van der Waals surface area contributed by atoms with Gasteiger partial charge >= 0.3 is 0 Å². The standard InChI is InChI=1S/C10H18N4/c1-5-14-10(12-6-7(2)3)9(11)8(4)13-14/h12H,2,5-6,11H2,1,3-4H3. The highest BCUT2D eigenvalue weighted by Crippen LogP contribution is 2.21. The van der Waals surface area contributed by atoms with Gasteiger partial charge in [0.05, 0.1) is 11.4 Å². The molecule has 0 radical (unpaired) electrons. The van der Waals surface area contributed by atoms with Crippen molar-refractivity contribution >= 4 is 11.5 Å². The largest absolute Gasteiger partial charge is 0.394 e. The van der Waals surface area contributed by atoms with Crippen LogP contribution in [0.1, 0.15) is 19.5 Å². The molecular weight excluding hydrogens is 176 g/mol. The van der Waals surface area contributed by atoms with E-state index in [0.29, 0.717) is 0 Å². The van der Waals surface area contributed by atoms with Crippen LogP contribution in [0.25, 0.3) is 0 Å². The highest BCUT2D eigenvalue weighted by atomic mass is 15.3. The maximum atomic E-state index is 5.89. The van der Waals surface area contributed by atoms with Gasteiger partial charge in [0.25, 0.3) is 0 Å². The van der Waals surface area contributed by atoms with Crippen molar-refractivity contribution in [3.8, 4) is 0 Å². The molecular formula is C10H18N4. The second kappa shape index (κ2) is 4.17. The molecule has 0 amide bonds. The average molecular weight is 194 g/mol. The lowest BCUT2D eigenvalue weighted by atomic mass is 10.3. The quantitative estimate of drug-likeness (QED) is 0.718. The third-order valence-corrected chi connectivity index (χ3v) is 2.03. The van der Waals surface area contributed by atoms with Gasteiger partial charge in [0.2, 0.25) is 0 Å². The van der Waals surface area contributed by atoms with Gasteiger partial charge in [0, 0.05) is 13.1 Å². The predicted molar refractivity (Wildman–Crippen MR) is 60.4 cm³/mol. The summed E-state index contributed by atoms with van der Waals surface area (Å²) < 4.78 is 1.87. The Morgan fingerprint density at radius 3 is 2.79 bits per heavy atom. The second-order valence-electron chi connectivity index (χ2n) is 3.47. The van der Waals surface area contributed by atoms with Crippen molar-refractivity contribution in [2.24, 2.45) is 0 Å². The molecule has 0 unspecified atom stereocenters. The highest BCUT2D eigenvalue weighted by Gasteiger charge is 2.10. The maximum absolute atomic E-state index is 5.89. The van der Waals surface area contributed by atoms with Crippen molar-refractivity contribution < 1.29 is 0 Å². The minimum absolute atomic E-state index is 0.730. The number of nitrogens with two attached hydrogens (primary N) is 1. The molecule has 0 spiro atoms. The minimum atomic E-state index is 0.730. The van der Waals surface area contributed by atoms with E-state index in [1.54, 1.807) is 0 Å². The number of hydrogen-bond acceptors (Lipinski definition) is 3. The maximum Gasteiger partial charge on any atom is 0.148 e. The average Bonchev–Trinajstić information content (AvgIpc) is 2.40. The minimum Gasteiger partial charge on any atom is -0.394 e. The Morgan fingerprint density at radius 2 is 2.29 bits per heavy atom. The fourth-order valence-corrected chi connectivity index (χ4v) is 1.25. The molecule has 4 nitrogen and oxygen atoms in total. The van der Waals surface area contributed by atoms with Crippen LogP contribution in [0.5, 0.6) is 0 Å². The van der Waals surface area contributed by atoms with Crippen LogP contribution in [0.15, 0.2) is 12.2 Å². The molecule has 0 atom stereocenters. The number of rotatable bonds is 4. The van der Waals surface area contributed by atoms with Crippen molar-refractivity contribution in [3.63, 3.8) is 0 Å². The van der Waals surface area contributed by atoms with Crippen LogP contribution < -0.4 is 11.1 Å². The number of nitrogens with one attached hydrogen (secondary N) is 1. The molecule has 1 heterocycles. The van der Waals surface area contributed by atoms with Crippen LogP contribution in [-0.2, 0) is 6.54 Å². The van der Waals surface area contributed by atoms with Gasteiger partial charge in [-0.25, -0.2) is 4.68 Å². The Morgan fingerprint density at radius 1 is 1.64 bits per heavy atom. The monoisotopic (exact) mass is 194 g/mol. The van der Waals surface area contributed by atoms with Gasteiger partial charge in [-0.3, -0.25) is 0 Å². The number of aryl methyl sites for hydroxylation is 2. The van der Waals surface area contributed by atoms with E-state index in [4.69, 9.17) is 5.73 Å². The molecule has 0 saturated carbocycles. The zero-order chi connectivity index (χ0) is 10.7. The summed E-state index contributed by atoms with van der Waals surface area (Å²) in [4.78, 5) is 0. The van der Waals surface area contributed by atoms with Crippen LogP contribution >= 0.6 is 0 Å². The van der Waals surface area contributed by atoms with E-state index in [9.17, 15) is 0 Å². The fraction of sp³-hybridized carbons (Fsp3) is 0.500. The summed E-state index contributed by atoms with van der Waals surface area (Å²) in [5, 5.41) is 7.53. The first-order valence-corrected chi connectivity index (χ1v) is 4.77. The van der Waals surface area contributed by atoms with Gasteiger partial charge in [-0.05, 0) is 20.8 Å². The summed E-state index contributed by atoms with van der Waals surface area (Å²) in [5.41, 5.74) is 8.57. The van der Waals surface area contributed by atoms with Crippen molar-refractivity contribution in [1.82, 2.24) is 9.78 Å². The number of anilines is 2. The molecule has 1 aromatic heterocycles. The third kappa shape index (κ3) is 2.07. The number of hydrogen-bond donors (Lipinski definition) is 2. The van der Waals surface area contributed by atoms with Gasteiger partial charge in [-0.1, -0.05) is 12.2 Å². The predicted octanol–water partition coefficient (Wildman–Crippen LogP) is 1.78. The summed E-state index contributed by atoms with van der Waals surface area (Å²) in [5.74, 6) is 0.896. The van der Waals surface area contributed by atoms with E-state index >= 15 is 0 Å². The first-order chi connectivity index (χ1) is 6.56. The molecule has 0 aliphatic carbocycles. The molecule has 1 rings (SSSR count). The highest BCUT2D eigenvalue weighted by molar-refractivity contribution is 5.64. The Kier molecular flexibility index (Phi) is 3.17. The molecule has 78 valence electrons. The summed E-state index contributed by atoms with van der Waals surface area (Å²) in [6.45, 7) is 11.3. The molecule has 3 N–H and O–H groups in total. The molecule has 14 heavy (non-hydrogen) atoms. The zero-order valence-electron chi connectivity index (χ0n) is 9.09. The van der Waals surface area contributed by atoms with E-state index < -0.39 is 0 Å². The van der Waals surface area contributed by atoms with Crippen molar-refractivity contribution in [2.75, 3.05) is 17.6 Å². The molecule has 0 aromatic carbocycles. The van der Waals surface area contributed by atoms with Gasteiger partial charge < -0.3 is 11.1 Å². The van der Waals surface area contributed by atoms with Crippen molar-refractivity contribution in [2.45, 2.75) is 27.3 Å². The summed E-state index contributed by atoms with van der Waals surface area (Å²) in [7, 11) is 0. The summed E-state index contributed by atoms with van der Waals surface area (Å²) in [6.07, 6.45) is 0. The Balaban J connectivity index is 2.88. The fourth-order valence-electron chi connectivity index (χ4n) is 1.25. The zero-order valence-corrected chi connectivity index (χ0v) is 9.09. The van der Waals surface area contributed by atoms with Crippen LogP contribution in [0.2, 0.25) is 0 Å². The van der Waals surface area contributed by atoms with E-state index in [-0.39, 0.29) is 0 Å². The lowest BCUT2D eigenvalue weighted by Crippen LogP contribution is -2.09. The first-order valence-electron chi connectivity index (χ1n) is 4.77. The van der Waals surface area contributed by atoms with E-state index in [1.165, 1.54) is 0 Å². The lowest BCUT2D eigenvalue weighted by Gasteiger charge is -2.08. The molecule has 0 aliphatic heterocycles. The van der Waals surface area contributed by atoms with Gasteiger partial charge in [-0.15, -0.1) is 0 Å². The van der Waals surface area contributed by atoms with Crippen molar-refractivity contribution in [1.29, 1.82) is 0 Å². The van der Waals surface area contributed by atoms with Gasteiger partial charge in [-0.2, -0.15) is 5.10 Å². The van der Waals surface area contributed by atoms with Crippen LogP contribution in [0.3, 0.4) is 0 Å². The SMILES string of the molecule is C=C(C)CNc1c(N)c(C)nn1CC. The van der Waals surface area contributed by atoms with Crippen molar-refractivity contribution in [3.05, 3.63) is 17.8 Å². The Hall–Kier alpha value is -1.45. The summed E-state index contributed by atoms with van der Waals surface area (Å²) >= 11 is 0. The molecule has 0 fully saturated rings. The molecule has 4 heteroatoms.